The lowest BCUT2D eigenvalue weighted by Crippen LogP contribution is -2.34. The Hall–Kier alpha value is -3.39. The summed E-state index contributed by atoms with van der Waals surface area (Å²) in [6, 6.07) is 17.3. The van der Waals surface area contributed by atoms with Crippen molar-refractivity contribution in [3.8, 4) is 5.75 Å². The molecule has 7 nitrogen and oxygen atoms in total. The molecule has 0 radical (unpaired) electrons. The summed E-state index contributed by atoms with van der Waals surface area (Å²) in [6.07, 6.45) is 1.40. The van der Waals surface area contributed by atoms with Crippen molar-refractivity contribution >= 4 is 58.8 Å². The average Bonchev–Trinajstić information content (AvgIpc) is 2.78. The predicted octanol–water partition coefficient (Wildman–Crippen LogP) is 4.75. The number of benzene rings is 3. The van der Waals surface area contributed by atoms with Crippen LogP contribution in [0.2, 0.25) is 15.1 Å². The first-order valence-electron chi connectivity index (χ1n) is 9.45. The van der Waals surface area contributed by atoms with E-state index in [0.717, 1.165) is 0 Å². The fraction of sp³-hybridized carbons (Fsp3) is 0.0435. The van der Waals surface area contributed by atoms with Gasteiger partial charge in [0, 0.05) is 15.6 Å². The highest BCUT2D eigenvalue weighted by Gasteiger charge is 2.13. The smallest absolute Gasteiger partial charge is 0.345 e. The van der Waals surface area contributed by atoms with E-state index in [4.69, 9.17) is 39.5 Å². The number of carbonyl (C=O) groups excluding carboxylic acids is 3. The van der Waals surface area contributed by atoms with Crippen LogP contribution >= 0.6 is 34.8 Å². The fourth-order valence-electron chi connectivity index (χ4n) is 2.55. The Morgan fingerprint density at radius 1 is 0.909 bits per heavy atom. The van der Waals surface area contributed by atoms with Crippen LogP contribution in [0.4, 0.5) is 0 Å². The van der Waals surface area contributed by atoms with Crippen LogP contribution in [-0.4, -0.2) is 30.5 Å². The number of amides is 2. The molecule has 0 aliphatic rings. The molecule has 0 saturated carbocycles. The molecule has 3 aromatic carbocycles. The molecule has 0 aliphatic carbocycles. The number of nitrogens with zero attached hydrogens (tertiary/aromatic N) is 1. The molecular formula is C23H16Cl3N3O4. The number of carbonyl (C=O) groups is 3. The number of hydrogen-bond acceptors (Lipinski definition) is 5. The van der Waals surface area contributed by atoms with Crippen molar-refractivity contribution in [1.82, 2.24) is 10.7 Å². The molecule has 0 unspecified atom stereocenters. The largest absolute Gasteiger partial charge is 0.423 e. The van der Waals surface area contributed by atoms with Gasteiger partial charge in [0.25, 0.3) is 11.8 Å². The van der Waals surface area contributed by atoms with Crippen molar-refractivity contribution in [2.75, 3.05) is 6.54 Å². The van der Waals surface area contributed by atoms with E-state index in [1.807, 2.05) is 0 Å². The van der Waals surface area contributed by atoms with E-state index in [1.165, 1.54) is 24.4 Å². The summed E-state index contributed by atoms with van der Waals surface area (Å²) in [5.41, 5.74) is 3.49. The summed E-state index contributed by atoms with van der Waals surface area (Å²) in [4.78, 5) is 36.1. The molecule has 0 bridgehead atoms. The second kappa shape index (κ2) is 11.5. The van der Waals surface area contributed by atoms with Crippen LogP contribution in [0.1, 0.15) is 26.3 Å². The number of halogens is 3. The minimum absolute atomic E-state index is 0.191. The molecule has 0 spiro atoms. The monoisotopic (exact) mass is 503 g/mol. The van der Waals surface area contributed by atoms with Crippen LogP contribution in [0.5, 0.6) is 5.75 Å². The number of rotatable bonds is 7. The minimum atomic E-state index is -0.620. The van der Waals surface area contributed by atoms with Crippen LogP contribution in [0.15, 0.2) is 71.8 Å². The van der Waals surface area contributed by atoms with Crippen LogP contribution in [0, 0.1) is 0 Å². The molecule has 0 saturated heterocycles. The second-order valence-corrected chi connectivity index (χ2v) is 7.85. The van der Waals surface area contributed by atoms with E-state index in [0.29, 0.717) is 26.9 Å². The van der Waals surface area contributed by atoms with Crippen molar-refractivity contribution in [3.63, 3.8) is 0 Å². The first kappa shape index (κ1) is 24.3. The normalized spacial score (nSPS) is 10.6. The summed E-state index contributed by atoms with van der Waals surface area (Å²) in [5, 5.41) is 7.33. The number of esters is 1. The third kappa shape index (κ3) is 7.32. The maximum atomic E-state index is 12.2. The second-order valence-electron chi connectivity index (χ2n) is 6.57. The fourth-order valence-corrected chi connectivity index (χ4v) is 3.23. The standard InChI is InChI=1S/C23H16Cl3N3O4/c24-16-3-1-2-15(10-16)22(31)27-13-21(30)29-28-12-14-4-7-18(8-5-14)33-23(32)19-9-6-17(25)11-20(19)26/h1-12H,13H2,(H,27,31)(H,29,30). The van der Waals surface area contributed by atoms with Gasteiger partial charge in [0.2, 0.25) is 0 Å². The Bertz CT molecular complexity index is 1210. The molecule has 33 heavy (non-hydrogen) atoms. The van der Waals surface area contributed by atoms with E-state index < -0.39 is 17.8 Å². The molecule has 0 fully saturated rings. The first-order valence-corrected chi connectivity index (χ1v) is 10.6. The quantitative estimate of drug-likeness (QED) is 0.210. The summed E-state index contributed by atoms with van der Waals surface area (Å²) in [7, 11) is 0. The SMILES string of the molecule is O=C(CNC(=O)c1cccc(Cl)c1)NN=Cc1ccc(OC(=O)c2ccc(Cl)cc2Cl)cc1. The van der Waals surface area contributed by atoms with Gasteiger partial charge in [-0.25, -0.2) is 10.2 Å². The van der Waals surface area contributed by atoms with Gasteiger partial charge in [-0.15, -0.1) is 0 Å². The Morgan fingerprint density at radius 3 is 2.33 bits per heavy atom. The summed E-state index contributed by atoms with van der Waals surface area (Å²) in [6.45, 7) is -0.259. The zero-order valence-corrected chi connectivity index (χ0v) is 19.1. The Balaban J connectivity index is 1.47. The number of nitrogens with one attached hydrogen (secondary N) is 2. The highest BCUT2D eigenvalue weighted by Crippen LogP contribution is 2.23. The van der Waals surface area contributed by atoms with Crippen LogP contribution in [0.25, 0.3) is 0 Å². The molecule has 0 heterocycles. The summed E-state index contributed by atoms with van der Waals surface area (Å²) < 4.78 is 5.29. The van der Waals surface area contributed by atoms with Gasteiger partial charge in [0.1, 0.15) is 5.75 Å². The highest BCUT2D eigenvalue weighted by atomic mass is 35.5. The topological polar surface area (TPSA) is 96.9 Å². The van der Waals surface area contributed by atoms with Crippen LogP contribution < -0.4 is 15.5 Å². The van der Waals surface area contributed by atoms with E-state index in [1.54, 1.807) is 48.5 Å². The molecule has 168 valence electrons. The van der Waals surface area contributed by atoms with E-state index >= 15 is 0 Å². The lowest BCUT2D eigenvalue weighted by molar-refractivity contribution is -0.120. The number of ether oxygens (including phenoxy) is 1. The van der Waals surface area contributed by atoms with Gasteiger partial charge < -0.3 is 10.1 Å². The summed E-state index contributed by atoms with van der Waals surface area (Å²) in [5.74, 6) is -1.25. The van der Waals surface area contributed by atoms with Crippen molar-refractivity contribution in [2.24, 2.45) is 5.10 Å². The minimum Gasteiger partial charge on any atom is -0.423 e. The molecule has 2 amide bonds. The molecule has 0 aliphatic heterocycles. The van der Waals surface area contributed by atoms with Gasteiger partial charge in [0.15, 0.2) is 0 Å². The van der Waals surface area contributed by atoms with Gasteiger partial charge in [-0.1, -0.05) is 40.9 Å². The Labute approximate surface area is 204 Å². The average molecular weight is 505 g/mol. The molecule has 2 N–H and O–H groups in total. The zero-order chi connectivity index (χ0) is 23.8. The van der Waals surface area contributed by atoms with E-state index in [-0.39, 0.29) is 17.1 Å². The first-order chi connectivity index (χ1) is 15.8. The molecular weight excluding hydrogens is 489 g/mol. The van der Waals surface area contributed by atoms with Gasteiger partial charge in [-0.3, -0.25) is 9.59 Å². The molecule has 10 heteroatoms. The third-order valence-electron chi connectivity index (χ3n) is 4.14. The molecule has 0 aromatic heterocycles. The molecule has 3 aromatic rings. The van der Waals surface area contributed by atoms with E-state index in [2.05, 4.69) is 15.8 Å². The molecule has 0 atom stereocenters. The summed E-state index contributed by atoms with van der Waals surface area (Å²) >= 11 is 17.7. The predicted molar refractivity (Wildman–Crippen MR) is 127 cm³/mol. The van der Waals surface area contributed by atoms with Crippen LogP contribution in [0.3, 0.4) is 0 Å². The van der Waals surface area contributed by atoms with Crippen molar-refractivity contribution in [3.05, 3.63) is 98.5 Å². The van der Waals surface area contributed by atoms with Crippen LogP contribution in [-0.2, 0) is 4.79 Å². The van der Waals surface area contributed by atoms with E-state index in [9.17, 15) is 14.4 Å². The van der Waals surface area contributed by atoms with Crippen molar-refractivity contribution < 1.29 is 19.1 Å². The number of hydrazone groups is 1. The van der Waals surface area contributed by atoms with Gasteiger partial charge in [0.05, 0.1) is 23.3 Å². The lowest BCUT2D eigenvalue weighted by Gasteiger charge is -2.06. The van der Waals surface area contributed by atoms with Gasteiger partial charge >= 0.3 is 5.97 Å². The lowest BCUT2D eigenvalue weighted by atomic mass is 10.2. The third-order valence-corrected chi connectivity index (χ3v) is 4.92. The zero-order valence-electron chi connectivity index (χ0n) is 16.8. The maximum Gasteiger partial charge on any atom is 0.345 e. The van der Waals surface area contributed by atoms with Gasteiger partial charge in [-0.2, -0.15) is 5.10 Å². The van der Waals surface area contributed by atoms with Gasteiger partial charge in [-0.05, 0) is 66.2 Å². The maximum absolute atomic E-state index is 12.2. The highest BCUT2D eigenvalue weighted by molar-refractivity contribution is 6.36. The molecule has 3 rings (SSSR count). The Morgan fingerprint density at radius 2 is 1.64 bits per heavy atom. The Kier molecular flexibility index (Phi) is 8.43. The number of hydrogen-bond donors (Lipinski definition) is 2. The van der Waals surface area contributed by atoms with Crippen molar-refractivity contribution in [1.29, 1.82) is 0 Å². The van der Waals surface area contributed by atoms with Crippen molar-refractivity contribution in [2.45, 2.75) is 0 Å².